The molecule has 0 bridgehead atoms. The van der Waals surface area contributed by atoms with Crippen molar-refractivity contribution in [3.05, 3.63) is 12.0 Å². The first-order chi connectivity index (χ1) is 5.20. The van der Waals surface area contributed by atoms with E-state index >= 15 is 0 Å². The van der Waals surface area contributed by atoms with Gasteiger partial charge in [-0.25, -0.2) is 11.0 Å². The van der Waals surface area contributed by atoms with Crippen LogP contribution in [0, 0.1) is 12.3 Å². The Morgan fingerprint density at radius 1 is 2.00 bits per heavy atom. The molecule has 0 aliphatic rings. The van der Waals surface area contributed by atoms with Crippen LogP contribution in [0.2, 0.25) is 0 Å². The van der Waals surface area contributed by atoms with Crippen LogP contribution in [0.15, 0.2) is 17.1 Å². The lowest BCUT2D eigenvalue weighted by Crippen LogP contribution is -2.18. The summed E-state index contributed by atoms with van der Waals surface area (Å²) < 4.78 is 4.98. The average molecular weight is 153 g/mol. The Balaban J connectivity index is 3.81. The van der Waals surface area contributed by atoms with Crippen molar-refractivity contribution in [2.45, 2.75) is 6.92 Å². The zero-order valence-electron chi connectivity index (χ0n) is 6.45. The van der Waals surface area contributed by atoms with Crippen LogP contribution in [-0.4, -0.2) is 18.4 Å². The Hall–Kier alpha value is -1.47. The normalized spacial score (nSPS) is 10.1. The number of allylic oxidation sites excluding steroid dienone is 1. The molecule has 0 unspecified atom stereocenters. The van der Waals surface area contributed by atoms with Crippen LogP contribution in [-0.2, 0) is 4.74 Å². The number of nitrogens with zero attached hydrogens (tertiary/aromatic N) is 2. The Labute approximate surface area is 66.3 Å². The molecule has 0 saturated carbocycles. The molecule has 0 aromatic heterocycles. The fourth-order valence-corrected chi connectivity index (χ4v) is 0.420. The molecule has 0 atom stereocenters. The molecule has 2 N–H and O–H groups in total. The van der Waals surface area contributed by atoms with Crippen LogP contribution >= 0.6 is 0 Å². The third kappa shape index (κ3) is 5.00. The molecule has 0 saturated heterocycles. The molecule has 4 nitrogen and oxygen atoms in total. The van der Waals surface area contributed by atoms with Crippen LogP contribution in [0.3, 0.4) is 0 Å². The molecule has 4 heteroatoms. The van der Waals surface area contributed by atoms with Gasteiger partial charge in [-0.3, -0.25) is 0 Å². The Morgan fingerprint density at radius 2 is 2.64 bits per heavy atom. The lowest BCUT2D eigenvalue weighted by molar-refractivity contribution is 0.242. The molecule has 0 fully saturated rings. The van der Waals surface area contributed by atoms with Gasteiger partial charge in [-0.05, 0) is 6.92 Å². The van der Waals surface area contributed by atoms with Crippen LogP contribution < -0.4 is 5.84 Å². The Morgan fingerprint density at radius 3 is 3.09 bits per heavy atom. The highest BCUT2D eigenvalue weighted by molar-refractivity contribution is 5.22. The third-order valence-electron chi connectivity index (χ3n) is 0.861. The van der Waals surface area contributed by atoms with Gasteiger partial charge in [0.25, 0.3) is 0 Å². The van der Waals surface area contributed by atoms with Crippen molar-refractivity contribution in [1.82, 2.24) is 5.12 Å². The number of ether oxygens (including phenoxy) is 1. The molecule has 0 amide bonds. The second-order valence-electron chi connectivity index (χ2n) is 1.75. The van der Waals surface area contributed by atoms with E-state index in [0.29, 0.717) is 5.76 Å². The maximum absolute atomic E-state index is 5.24. The molecule has 60 valence electrons. The fraction of sp³-hybridized carbons (Fsp3) is 0.286. The van der Waals surface area contributed by atoms with Gasteiger partial charge in [0, 0.05) is 6.72 Å². The first-order valence-corrected chi connectivity index (χ1v) is 2.96. The predicted molar refractivity (Wildman–Crippen MR) is 44.1 cm³/mol. The third-order valence-corrected chi connectivity index (χ3v) is 0.861. The van der Waals surface area contributed by atoms with E-state index in [9.17, 15) is 0 Å². The van der Waals surface area contributed by atoms with Gasteiger partial charge in [0.05, 0.1) is 6.20 Å². The summed E-state index contributed by atoms with van der Waals surface area (Å²) in [5, 5.41) is 4.44. The zero-order valence-corrected chi connectivity index (χ0v) is 6.45. The standard InChI is InChI=1S/C7H11N3O/c1-4-5-11-7(2)6-10(8)9-3/h1,6H,3,5,8H2,2H3/b7-6+. The highest BCUT2D eigenvalue weighted by Crippen LogP contribution is 1.95. The predicted octanol–water partition coefficient (Wildman–Crippen LogP) is 0.289. The first-order valence-electron chi connectivity index (χ1n) is 2.96. The number of hydrogen-bond donors (Lipinski definition) is 1. The molecule has 0 aromatic rings. The second kappa shape index (κ2) is 5.33. The molecular weight excluding hydrogens is 142 g/mol. The van der Waals surface area contributed by atoms with Crippen molar-refractivity contribution in [1.29, 1.82) is 0 Å². The van der Waals surface area contributed by atoms with Gasteiger partial charge in [-0.1, -0.05) is 5.92 Å². The van der Waals surface area contributed by atoms with Gasteiger partial charge in [-0.2, -0.15) is 5.10 Å². The summed E-state index contributed by atoms with van der Waals surface area (Å²) in [4.78, 5) is 0. The van der Waals surface area contributed by atoms with E-state index in [1.165, 1.54) is 6.20 Å². The highest BCUT2D eigenvalue weighted by Gasteiger charge is 1.89. The molecule has 0 radical (unpaired) electrons. The van der Waals surface area contributed by atoms with Gasteiger partial charge in [0.2, 0.25) is 0 Å². The van der Waals surface area contributed by atoms with Gasteiger partial charge >= 0.3 is 0 Å². The summed E-state index contributed by atoms with van der Waals surface area (Å²) >= 11 is 0. The number of terminal acetylenes is 1. The minimum absolute atomic E-state index is 0.229. The van der Waals surface area contributed by atoms with Crippen molar-refractivity contribution >= 4 is 6.72 Å². The largest absolute Gasteiger partial charge is 0.484 e. The molecule has 0 aromatic carbocycles. The van der Waals surface area contributed by atoms with Crippen molar-refractivity contribution in [2.24, 2.45) is 10.9 Å². The molecular formula is C7H11N3O. The molecule has 0 spiro atoms. The quantitative estimate of drug-likeness (QED) is 0.207. The average Bonchev–Trinajstić information content (AvgIpc) is 2.00. The summed E-state index contributed by atoms with van der Waals surface area (Å²) in [6.45, 7) is 5.16. The molecule has 11 heavy (non-hydrogen) atoms. The van der Waals surface area contributed by atoms with E-state index in [-0.39, 0.29) is 6.61 Å². The van der Waals surface area contributed by atoms with Crippen LogP contribution in [0.25, 0.3) is 0 Å². The summed E-state index contributed by atoms with van der Waals surface area (Å²) in [5.74, 6) is 8.16. The smallest absolute Gasteiger partial charge is 0.148 e. The Bertz CT molecular complexity index is 192. The van der Waals surface area contributed by atoms with Gasteiger partial charge in [0.1, 0.15) is 12.4 Å². The summed E-state index contributed by atoms with van der Waals surface area (Å²) in [5.41, 5.74) is 0. The SMILES string of the molecule is C#CCO/C(C)=C/N(N)N=C. The van der Waals surface area contributed by atoms with Crippen molar-refractivity contribution in [3.8, 4) is 12.3 Å². The number of hydrazine groups is 1. The summed E-state index contributed by atoms with van der Waals surface area (Å²) in [6.07, 6.45) is 6.43. The highest BCUT2D eigenvalue weighted by atomic mass is 16.5. The van der Waals surface area contributed by atoms with E-state index in [4.69, 9.17) is 17.0 Å². The number of rotatable bonds is 4. The first kappa shape index (κ1) is 9.53. The Kier molecular flexibility index (Phi) is 4.61. The molecule has 0 rings (SSSR count). The zero-order chi connectivity index (χ0) is 8.69. The van der Waals surface area contributed by atoms with Crippen molar-refractivity contribution < 1.29 is 4.74 Å². The van der Waals surface area contributed by atoms with E-state index in [0.717, 1.165) is 5.12 Å². The van der Waals surface area contributed by atoms with E-state index in [1.807, 2.05) is 0 Å². The topological polar surface area (TPSA) is 50.9 Å². The maximum Gasteiger partial charge on any atom is 0.148 e. The maximum atomic E-state index is 5.24. The minimum Gasteiger partial charge on any atom is -0.484 e. The van der Waals surface area contributed by atoms with Gasteiger partial charge < -0.3 is 4.74 Å². The van der Waals surface area contributed by atoms with Crippen molar-refractivity contribution in [3.63, 3.8) is 0 Å². The number of nitrogens with two attached hydrogens (primary N) is 1. The number of hydrazone groups is 1. The van der Waals surface area contributed by atoms with Crippen molar-refractivity contribution in [2.75, 3.05) is 6.61 Å². The summed E-state index contributed by atoms with van der Waals surface area (Å²) in [6, 6.07) is 0. The monoisotopic (exact) mass is 153 g/mol. The van der Waals surface area contributed by atoms with Crippen LogP contribution in [0.1, 0.15) is 6.92 Å². The second-order valence-corrected chi connectivity index (χ2v) is 1.75. The van der Waals surface area contributed by atoms with Gasteiger partial charge in [-0.15, -0.1) is 6.42 Å². The van der Waals surface area contributed by atoms with Gasteiger partial charge in [0.15, 0.2) is 0 Å². The molecule has 0 aliphatic carbocycles. The van der Waals surface area contributed by atoms with Crippen LogP contribution in [0.5, 0.6) is 0 Å². The molecule has 0 aliphatic heterocycles. The van der Waals surface area contributed by atoms with E-state index < -0.39 is 0 Å². The fourth-order valence-electron chi connectivity index (χ4n) is 0.420. The minimum atomic E-state index is 0.229. The lowest BCUT2D eigenvalue weighted by atomic mass is 10.6. The van der Waals surface area contributed by atoms with Crippen LogP contribution in [0.4, 0.5) is 0 Å². The van der Waals surface area contributed by atoms with E-state index in [1.54, 1.807) is 6.92 Å². The lowest BCUT2D eigenvalue weighted by Gasteiger charge is -2.06. The van der Waals surface area contributed by atoms with E-state index in [2.05, 4.69) is 17.7 Å². The summed E-state index contributed by atoms with van der Waals surface area (Å²) in [7, 11) is 0. The molecule has 0 heterocycles. The number of hydrogen-bond acceptors (Lipinski definition) is 4.